The molecular weight excluding hydrogens is 340 g/mol. The number of benzene rings is 2. The van der Waals surface area contributed by atoms with Crippen molar-refractivity contribution >= 4 is 33.2 Å². The largest absolute Gasteiger partial charge is 0.385 e. The molecule has 22 heavy (non-hydrogen) atoms. The van der Waals surface area contributed by atoms with Gasteiger partial charge in [0.05, 0.1) is 0 Å². The van der Waals surface area contributed by atoms with E-state index < -0.39 is 0 Å². The normalized spacial score (nSPS) is 10.3. The molecule has 0 heterocycles. The van der Waals surface area contributed by atoms with Crippen LogP contribution < -0.4 is 10.6 Å². The average molecular weight is 361 g/mol. The fourth-order valence-corrected chi connectivity index (χ4v) is 2.45. The second-order valence-corrected chi connectivity index (χ2v) is 6.09. The van der Waals surface area contributed by atoms with Gasteiger partial charge in [-0.2, -0.15) is 0 Å². The summed E-state index contributed by atoms with van der Waals surface area (Å²) in [5.74, 6) is 0.00781. The Morgan fingerprint density at radius 1 is 1.09 bits per heavy atom. The van der Waals surface area contributed by atoms with Crippen molar-refractivity contribution in [2.24, 2.45) is 0 Å². The highest BCUT2D eigenvalue weighted by molar-refractivity contribution is 9.10. The van der Waals surface area contributed by atoms with Gasteiger partial charge in [-0.05, 0) is 48.7 Å². The second kappa shape index (κ2) is 7.99. The van der Waals surface area contributed by atoms with E-state index in [9.17, 15) is 4.79 Å². The molecule has 116 valence electrons. The molecule has 0 aliphatic carbocycles. The Morgan fingerprint density at radius 3 is 2.41 bits per heavy atom. The minimum Gasteiger partial charge on any atom is -0.385 e. The Morgan fingerprint density at radius 2 is 1.77 bits per heavy atom. The molecule has 0 bridgehead atoms. The Kier molecular flexibility index (Phi) is 6.01. The molecule has 0 aliphatic rings. The minimum atomic E-state index is 0.00781. The molecule has 2 aromatic carbocycles. The SMILES string of the molecule is CCc1ccc(NCCC(=O)Nc2ccc(C)c(Br)c2)cc1. The summed E-state index contributed by atoms with van der Waals surface area (Å²) >= 11 is 3.47. The third-order valence-corrected chi connectivity index (χ3v) is 4.35. The van der Waals surface area contributed by atoms with Gasteiger partial charge in [-0.3, -0.25) is 4.79 Å². The number of nitrogens with one attached hydrogen (secondary N) is 2. The molecule has 0 atom stereocenters. The topological polar surface area (TPSA) is 41.1 Å². The van der Waals surface area contributed by atoms with Gasteiger partial charge in [0.2, 0.25) is 5.91 Å². The van der Waals surface area contributed by atoms with E-state index in [0.717, 1.165) is 27.8 Å². The van der Waals surface area contributed by atoms with Gasteiger partial charge >= 0.3 is 0 Å². The van der Waals surface area contributed by atoms with Crippen LogP contribution in [0.3, 0.4) is 0 Å². The van der Waals surface area contributed by atoms with Crippen LogP contribution in [0.5, 0.6) is 0 Å². The maximum Gasteiger partial charge on any atom is 0.226 e. The first kappa shape index (κ1) is 16.6. The van der Waals surface area contributed by atoms with Gasteiger partial charge in [0.1, 0.15) is 0 Å². The number of amides is 1. The first-order valence-corrected chi connectivity index (χ1v) is 8.26. The smallest absolute Gasteiger partial charge is 0.226 e. The molecule has 0 saturated carbocycles. The summed E-state index contributed by atoms with van der Waals surface area (Å²) in [6, 6.07) is 14.1. The third-order valence-electron chi connectivity index (χ3n) is 3.50. The lowest BCUT2D eigenvalue weighted by Crippen LogP contribution is -2.16. The minimum absolute atomic E-state index is 0.00781. The summed E-state index contributed by atoms with van der Waals surface area (Å²) in [6.07, 6.45) is 1.47. The summed E-state index contributed by atoms with van der Waals surface area (Å²) in [5.41, 5.74) is 4.32. The summed E-state index contributed by atoms with van der Waals surface area (Å²) < 4.78 is 0.999. The molecule has 0 unspecified atom stereocenters. The fourth-order valence-electron chi connectivity index (χ4n) is 2.07. The predicted octanol–water partition coefficient (Wildman–Crippen LogP) is 4.76. The van der Waals surface area contributed by atoms with Gasteiger partial charge < -0.3 is 10.6 Å². The second-order valence-electron chi connectivity index (χ2n) is 5.24. The number of carbonyl (C=O) groups is 1. The summed E-state index contributed by atoms with van der Waals surface area (Å²) in [5, 5.41) is 6.17. The molecule has 0 aromatic heterocycles. The maximum absolute atomic E-state index is 11.9. The van der Waals surface area contributed by atoms with Crippen molar-refractivity contribution in [1.29, 1.82) is 0 Å². The summed E-state index contributed by atoms with van der Waals surface area (Å²) in [7, 11) is 0. The van der Waals surface area contributed by atoms with Crippen LogP contribution in [-0.2, 0) is 11.2 Å². The van der Waals surface area contributed by atoms with Crippen LogP contribution in [-0.4, -0.2) is 12.5 Å². The lowest BCUT2D eigenvalue weighted by atomic mass is 10.1. The van der Waals surface area contributed by atoms with Crippen molar-refractivity contribution in [3.8, 4) is 0 Å². The predicted molar refractivity (Wildman–Crippen MR) is 96.4 cm³/mol. The van der Waals surface area contributed by atoms with Crippen LogP contribution in [0.1, 0.15) is 24.5 Å². The van der Waals surface area contributed by atoms with Gasteiger partial charge in [0.15, 0.2) is 0 Å². The Balaban J connectivity index is 1.78. The maximum atomic E-state index is 11.9. The van der Waals surface area contributed by atoms with E-state index in [0.29, 0.717) is 13.0 Å². The molecule has 2 N–H and O–H groups in total. The quantitative estimate of drug-likeness (QED) is 0.779. The number of halogens is 1. The van der Waals surface area contributed by atoms with Gasteiger partial charge in [0, 0.05) is 28.8 Å². The van der Waals surface area contributed by atoms with Crippen LogP contribution in [0, 0.1) is 6.92 Å². The summed E-state index contributed by atoms with van der Waals surface area (Å²) in [4.78, 5) is 11.9. The van der Waals surface area contributed by atoms with Gasteiger partial charge in [-0.15, -0.1) is 0 Å². The zero-order chi connectivity index (χ0) is 15.9. The number of carbonyl (C=O) groups excluding carboxylic acids is 1. The monoisotopic (exact) mass is 360 g/mol. The molecule has 2 rings (SSSR count). The van der Waals surface area contributed by atoms with Crippen LogP contribution in [0.15, 0.2) is 46.9 Å². The molecule has 0 radical (unpaired) electrons. The standard InChI is InChI=1S/C18H21BrN2O/c1-3-14-5-8-15(9-6-14)20-11-10-18(22)21-16-7-4-13(2)17(19)12-16/h4-9,12,20H,3,10-11H2,1-2H3,(H,21,22). The van der Waals surface area contributed by atoms with Crippen LogP contribution >= 0.6 is 15.9 Å². The van der Waals surface area contributed by atoms with Crippen molar-refractivity contribution in [3.63, 3.8) is 0 Å². The molecule has 4 heteroatoms. The van der Waals surface area contributed by atoms with Gasteiger partial charge in [0.25, 0.3) is 0 Å². The van der Waals surface area contributed by atoms with Crippen LogP contribution in [0.25, 0.3) is 0 Å². The summed E-state index contributed by atoms with van der Waals surface area (Å²) in [6.45, 7) is 4.77. The lowest BCUT2D eigenvalue weighted by Gasteiger charge is -2.09. The Hall–Kier alpha value is -1.81. The zero-order valence-corrected chi connectivity index (χ0v) is 14.5. The molecule has 0 saturated heterocycles. The molecule has 0 spiro atoms. The van der Waals surface area contributed by atoms with Gasteiger partial charge in [-0.1, -0.05) is 41.1 Å². The van der Waals surface area contributed by atoms with Gasteiger partial charge in [-0.25, -0.2) is 0 Å². The van der Waals surface area contributed by atoms with Crippen LogP contribution in [0.4, 0.5) is 11.4 Å². The molecule has 1 amide bonds. The third kappa shape index (κ3) is 4.88. The van der Waals surface area contributed by atoms with Crippen LogP contribution in [0.2, 0.25) is 0 Å². The molecule has 0 aliphatic heterocycles. The first-order chi connectivity index (χ1) is 10.6. The van der Waals surface area contributed by atoms with Crippen molar-refractivity contribution in [3.05, 3.63) is 58.1 Å². The first-order valence-electron chi connectivity index (χ1n) is 7.47. The highest BCUT2D eigenvalue weighted by Crippen LogP contribution is 2.20. The molecular formula is C18H21BrN2O. The van der Waals surface area contributed by atoms with E-state index in [1.54, 1.807) is 0 Å². The number of anilines is 2. The van der Waals surface area contributed by atoms with Crippen molar-refractivity contribution < 1.29 is 4.79 Å². The van der Waals surface area contributed by atoms with E-state index in [-0.39, 0.29) is 5.91 Å². The van der Waals surface area contributed by atoms with Crippen molar-refractivity contribution in [2.45, 2.75) is 26.7 Å². The van der Waals surface area contributed by atoms with E-state index in [1.165, 1.54) is 5.56 Å². The van der Waals surface area contributed by atoms with Crippen molar-refractivity contribution in [1.82, 2.24) is 0 Å². The van der Waals surface area contributed by atoms with E-state index in [2.05, 4.69) is 45.6 Å². The Labute approximate surface area is 140 Å². The number of hydrogen-bond acceptors (Lipinski definition) is 2. The number of hydrogen-bond donors (Lipinski definition) is 2. The molecule has 0 fully saturated rings. The molecule has 3 nitrogen and oxygen atoms in total. The lowest BCUT2D eigenvalue weighted by molar-refractivity contribution is -0.115. The highest BCUT2D eigenvalue weighted by Gasteiger charge is 2.04. The van der Waals surface area contributed by atoms with Crippen molar-refractivity contribution in [2.75, 3.05) is 17.2 Å². The van der Waals surface area contributed by atoms with E-state index in [4.69, 9.17) is 0 Å². The molecule has 2 aromatic rings. The number of rotatable bonds is 6. The van der Waals surface area contributed by atoms with E-state index in [1.807, 2.05) is 37.3 Å². The highest BCUT2D eigenvalue weighted by atomic mass is 79.9. The van der Waals surface area contributed by atoms with E-state index >= 15 is 0 Å². The fraction of sp³-hybridized carbons (Fsp3) is 0.278. The zero-order valence-electron chi connectivity index (χ0n) is 12.9. The average Bonchev–Trinajstić information content (AvgIpc) is 2.51. The Bertz CT molecular complexity index is 638. The number of aryl methyl sites for hydroxylation is 2.